The van der Waals surface area contributed by atoms with E-state index in [1.54, 1.807) is 22.5 Å². The molecule has 0 saturated carbocycles. The molecule has 2 aromatic heterocycles. The molecule has 2 aromatic rings. The Morgan fingerprint density at radius 1 is 1.53 bits per heavy atom. The van der Waals surface area contributed by atoms with Crippen molar-refractivity contribution in [3.05, 3.63) is 24.7 Å². The number of hydrogen-bond donors (Lipinski definition) is 1. The molecule has 0 aliphatic heterocycles. The number of nitrogen functional groups attached to an aromatic ring is 1. The maximum atomic E-state index is 5.51. The molecular formula is C9H13N5S. The second-order valence-corrected chi connectivity index (χ2v) is 4.37. The topological polar surface area (TPSA) is 61.7 Å². The van der Waals surface area contributed by atoms with Crippen LogP contribution in [0.5, 0.6) is 0 Å². The number of anilines is 1. The molecular weight excluding hydrogens is 210 g/mol. The molecule has 0 aromatic carbocycles. The summed E-state index contributed by atoms with van der Waals surface area (Å²) in [6, 6.07) is 1.80. The van der Waals surface area contributed by atoms with E-state index >= 15 is 0 Å². The van der Waals surface area contributed by atoms with E-state index in [9.17, 15) is 0 Å². The molecule has 15 heavy (non-hydrogen) atoms. The molecule has 80 valence electrons. The summed E-state index contributed by atoms with van der Waals surface area (Å²) in [5.74, 6) is 1.54. The number of aryl methyl sites for hydroxylation is 2. The van der Waals surface area contributed by atoms with Gasteiger partial charge in [0.2, 0.25) is 0 Å². The highest BCUT2D eigenvalue weighted by molar-refractivity contribution is 7.99. The lowest BCUT2D eigenvalue weighted by atomic mass is 10.7. The number of aromatic nitrogens is 4. The van der Waals surface area contributed by atoms with E-state index in [4.69, 9.17) is 5.73 Å². The Labute approximate surface area is 92.3 Å². The van der Waals surface area contributed by atoms with Crippen LogP contribution in [0.4, 0.5) is 5.82 Å². The van der Waals surface area contributed by atoms with Gasteiger partial charge in [-0.1, -0.05) is 0 Å². The first-order chi connectivity index (χ1) is 7.24. The third-order valence-electron chi connectivity index (χ3n) is 1.93. The highest BCUT2D eigenvalue weighted by atomic mass is 32.2. The lowest BCUT2D eigenvalue weighted by Crippen LogP contribution is -2.01. The van der Waals surface area contributed by atoms with Crippen molar-refractivity contribution in [2.45, 2.75) is 11.4 Å². The summed E-state index contributed by atoms with van der Waals surface area (Å²) in [5.41, 5.74) is 5.51. The molecule has 0 amide bonds. The van der Waals surface area contributed by atoms with Crippen molar-refractivity contribution < 1.29 is 0 Å². The summed E-state index contributed by atoms with van der Waals surface area (Å²) in [7, 11) is 1.91. The van der Waals surface area contributed by atoms with Gasteiger partial charge in [0.05, 0.1) is 12.7 Å². The Hall–Kier alpha value is -1.43. The maximum absolute atomic E-state index is 5.51. The first-order valence-corrected chi connectivity index (χ1v) is 5.63. The van der Waals surface area contributed by atoms with Crippen molar-refractivity contribution in [3.63, 3.8) is 0 Å². The molecule has 0 atom stereocenters. The fourth-order valence-electron chi connectivity index (χ4n) is 1.23. The van der Waals surface area contributed by atoms with Gasteiger partial charge in [-0.15, -0.1) is 11.8 Å². The van der Waals surface area contributed by atoms with E-state index in [1.807, 2.05) is 30.3 Å². The van der Waals surface area contributed by atoms with Crippen LogP contribution >= 0.6 is 11.8 Å². The van der Waals surface area contributed by atoms with Crippen molar-refractivity contribution in [2.24, 2.45) is 7.05 Å². The number of hydrogen-bond acceptors (Lipinski definition) is 4. The van der Waals surface area contributed by atoms with Gasteiger partial charge in [-0.25, -0.2) is 0 Å². The first kappa shape index (κ1) is 10.1. The predicted octanol–water partition coefficient (Wildman–Crippen LogP) is 0.991. The zero-order valence-corrected chi connectivity index (χ0v) is 9.31. The summed E-state index contributed by atoms with van der Waals surface area (Å²) < 4.78 is 3.65. The van der Waals surface area contributed by atoms with Gasteiger partial charge in [-0.3, -0.25) is 9.36 Å². The van der Waals surface area contributed by atoms with Gasteiger partial charge < -0.3 is 5.73 Å². The molecule has 0 unspecified atom stereocenters. The van der Waals surface area contributed by atoms with Crippen LogP contribution in [0.2, 0.25) is 0 Å². The normalized spacial score (nSPS) is 10.7. The van der Waals surface area contributed by atoms with Crippen molar-refractivity contribution in [1.29, 1.82) is 0 Å². The van der Waals surface area contributed by atoms with Gasteiger partial charge in [0.1, 0.15) is 5.82 Å². The third kappa shape index (κ3) is 2.76. The van der Waals surface area contributed by atoms with E-state index < -0.39 is 0 Å². The molecule has 0 aliphatic rings. The minimum atomic E-state index is 0.571. The fraction of sp³-hybridized carbons (Fsp3) is 0.333. The molecule has 6 heteroatoms. The second kappa shape index (κ2) is 4.39. The van der Waals surface area contributed by atoms with Crippen molar-refractivity contribution in [3.8, 4) is 0 Å². The Balaban J connectivity index is 1.80. The lowest BCUT2D eigenvalue weighted by Gasteiger charge is -1.99. The number of nitrogens with two attached hydrogens (primary N) is 1. The van der Waals surface area contributed by atoms with Crippen LogP contribution in [0.15, 0.2) is 29.6 Å². The second-order valence-electron chi connectivity index (χ2n) is 3.20. The molecule has 0 radical (unpaired) electrons. The Kier molecular flexibility index (Phi) is 2.96. The van der Waals surface area contributed by atoms with E-state index in [-0.39, 0.29) is 0 Å². The molecule has 0 fully saturated rings. The Morgan fingerprint density at radius 2 is 2.40 bits per heavy atom. The minimum absolute atomic E-state index is 0.571. The van der Waals surface area contributed by atoms with Crippen LogP contribution < -0.4 is 5.73 Å². The third-order valence-corrected chi connectivity index (χ3v) is 2.86. The van der Waals surface area contributed by atoms with E-state index in [0.717, 1.165) is 12.3 Å². The molecule has 0 aliphatic carbocycles. The van der Waals surface area contributed by atoms with E-state index in [0.29, 0.717) is 5.82 Å². The SMILES string of the molecule is Cn1cc(SCCn2ccc(N)n2)cn1. The van der Waals surface area contributed by atoms with Crippen LogP contribution in [0.1, 0.15) is 0 Å². The monoisotopic (exact) mass is 223 g/mol. The van der Waals surface area contributed by atoms with Crippen LogP contribution in [0, 0.1) is 0 Å². The van der Waals surface area contributed by atoms with Crippen LogP contribution in [-0.4, -0.2) is 25.3 Å². The highest BCUT2D eigenvalue weighted by Crippen LogP contribution is 2.16. The molecule has 2 N–H and O–H groups in total. The molecule has 0 saturated heterocycles. The number of rotatable bonds is 4. The van der Waals surface area contributed by atoms with Crippen molar-refractivity contribution >= 4 is 17.6 Å². The van der Waals surface area contributed by atoms with Crippen molar-refractivity contribution in [1.82, 2.24) is 19.6 Å². The van der Waals surface area contributed by atoms with E-state index in [1.165, 1.54) is 4.90 Å². The Bertz CT molecular complexity index is 393. The lowest BCUT2D eigenvalue weighted by molar-refractivity contribution is 0.669. The zero-order valence-electron chi connectivity index (χ0n) is 8.50. The van der Waals surface area contributed by atoms with Crippen molar-refractivity contribution in [2.75, 3.05) is 11.5 Å². The zero-order chi connectivity index (χ0) is 10.7. The summed E-state index contributed by atoms with van der Waals surface area (Å²) in [6.07, 6.45) is 5.75. The Morgan fingerprint density at radius 3 is 3.00 bits per heavy atom. The molecule has 0 spiro atoms. The standard InChI is InChI=1S/C9H13N5S/c1-13-7-8(6-11-13)15-5-4-14-3-2-9(10)12-14/h2-3,6-7H,4-5H2,1H3,(H2,10,12). The fourth-order valence-corrected chi connectivity index (χ4v) is 2.10. The number of nitrogens with zero attached hydrogens (tertiary/aromatic N) is 4. The molecule has 0 bridgehead atoms. The average Bonchev–Trinajstić information content (AvgIpc) is 2.76. The summed E-state index contributed by atoms with van der Waals surface area (Å²) in [6.45, 7) is 0.858. The van der Waals surface area contributed by atoms with Crippen LogP contribution in [0.25, 0.3) is 0 Å². The summed E-state index contributed by atoms with van der Waals surface area (Å²) in [4.78, 5) is 1.18. The van der Waals surface area contributed by atoms with Gasteiger partial charge in [0.15, 0.2) is 0 Å². The first-order valence-electron chi connectivity index (χ1n) is 4.64. The van der Waals surface area contributed by atoms with Gasteiger partial charge in [0, 0.05) is 30.1 Å². The predicted molar refractivity (Wildman–Crippen MR) is 60.6 cm³/mol. The number of thioether (sulfide) groups is 1. The largest absolute Gasteiger partial charge is 0.382 e. The average molecular weight is 223 g/mol. The summed E-state index contributed by atoms with van der Waals surface area (Å²) in [5, 5.41) is 8.21. The minimum Gasteiger partial charge on any atom is -0.382 e. The van der Waals surface area contributed by atoms with Gasteiger partial charge in [-0.2, -0.15) is 10.2 Å². The smallest absolute Gasteiger partial charge is 0.145 e. The van der Waals surface area contributed by atoms with Crippen LogP contribution in [0.3, 0.4) is 0 Å². The molecule has 2 heterocycles. The molecule has 2 rings (SSSR count). The quantitative estimate of drug-likeness (QED) is 0.785. The van der Waals surface area contributed by atoms with E-state index in [2.05, 4.69) is 10.2 Å². The maximum Gasteiger partial charge on any atom is 0.145 e. The summed E-state index contributed by atoms with van der Waals surface area (Å²) >= 11 is 1.76. The van der Waals surface area contributed by atoms with Gasteiger partial charge >= 0.3 is 0 Å². The molecule has 5 nitrogen and oxygen atoms in total. The van der Waals surface area contributed by atoms with Crippen LogP contribution in [-0.2, 0) is 13.6 Å². The van der Waals surface area contributed by atoms with Gasteiger partial charge in [0.25, 0.3) is 0 Å². The van der Waals surface area contributed by atoms with Gasteiger partial charge in [-0.05, 0) is 6.07 Å². The highest BCUT2D eigenvalue weighted by Gasteiger charge is 1.98.